The fraction of sp³-hybridized carbons (Fsp3) is 0.600. The van der Waals surface area contributed by atoms with Gasteiger partial charge >= 0.3 is 12.1 Å². The van der Waals surface area contributed by atoms with Gasteiger partial charge in [-0.2, -0.15) is 5.10 Å². The molecule has 156 valence electrons. The van der Waals surface area contributed by atoms with Crippen LogP contribution in [0.4, 0.5) is 15.3 Å². The molecule has 1 N–H and O–H groups in total. The second kappa shape index (κ2) is 8.26. The molecular weight excluding hydrogens is 370 g/mol. The van der Waals surface area contributed by atoms with Crippen LogP contribution in [-0.4, -0.2) is 80.8 Å². The van der Waals surface area contributed by atoms with Crippen molar-refractivity contribution in [3.8, 4) is 0 Å². The third-order valence-corrected chi connectivity index (χ3v) is 5.64. The van der Waals surface area contributed by atoms with Gasteiger partial charge in [0.05, 0.1) is 18.1 Å². The highest BCUT2D eigenvalue weighted by atomic mass is 16.2. The summed E-state index contributed by atoms with van der Waals surface area (Å²) in [5, 5.41) is 8.18. The van der Waals surface area contributed by atoms with Gasteiger partial charge < -0.3 is 20.0 Å². The third-order valence-electron chi connectivity index (χ3n) is 5.64. The van der Waals surface area contributed by atoms with Crippen LogP contribution in [0.1, 0.15) is 39.2 Å². The molecule has 0 atom stereocenters. The maximum atomic E-state index is 12.6. The van der Waals surface area contributed by atoms with Crippen molar-refractivity contribution in [3.63, 3.8) is 0 Å². The summed E-state index contributed by atoms with van der Waals surface area (Å²) in [6.07, 6.45) is 6.81. The Labute approximate surface area is 170 Å². The molecule has 2 aliphatic heterocycles. The zero-order valence-electron chi connectivity index (χ0n) is 17.2. The molecule has 2 aromatic heterocycles. The molecule has 4 rings (SSSR count). The van der Waals surface area contributed by atoms with E-state index in [1.165, 1.54) is 6.42 Å². The Balaban J connectivity index is 1.33. The number of pyridine rings is 1. The van der Waals surface area contributed by atoms with Crippen LogP contribution in [0.3, 0.4) is 0 Å². The van der Waals surface area contributed by atoms with E-state index >= 15 is 0 Å². The molecule has 9 nitrogen and oxygen atoms in total. The number of rotatable bonds is 2. The van der Waals surface area contributed by atoms with Gasteiger partial charge in [0.1, 0.15) is 0 Å². The number of anilines is 1. The standard InChI is InChI=1S/C20H29N7O2/c1-15(2)27-18-16(13-22-27)12-17(14-21-18)23-19(28)24-8-10-26(11-9-24)20(29)25-6-4-3-5-7-25/h12-15H,3-11H2,1-2H3,(H,23,28). The molecule has 4 amide bonds. The predicted octanol–water partition coefficient (Wildman–Crippen LogP) is 2.77. The van der Waals surface area contributed by atoms with E-state index in [0.29, 0.717) is 31.9 Å². The molecular formula is C20H29N7O2. The lowest BCUT2D eigenvalue weighted by molar-refractivity contribution is 0.116. The van der Waals surface area contributed by atoms with Crippen molar-refractivity contribution >= 4 is 28.8 Å². The van der Waals surface area contributed by atoms with Crippen molar-refractivity contribution in [2.45, 2.75) is 39.2 Å². The van der Waals surface area contributed by atoms with Gasteiger partial charge in [-0.3, -0.25) is 0 Å². The number of amides is 4. The minimum atomic E-state index is -0.160. The molecule has 0 saturated carbocycles. The van der Waals surface area contributed by atoms with Crippen LogP contribution in [0.5, 0.6) is 0 Å². The first kappa shape index (κ1) is 19.5. The lowest BCUT2D eigenvalue weighted by Gasteiger charge is -2.38. The van der Waals surface area contributed by atoms with Crippen molar-refractivity contribution in [1.29, 1.82) is 0 Å². The summed E-state index contributed by atoms with van der Waals surface area (Å²) < 4.78 is 1.86. The van der Waals surface area contributed by atoms with Crippen LogP contribution >= 0.6 is 0 Å². The summed E-state index contributed by atoms with van der Waals surface area (Å²) in [4.78, 5) is 35.3. The smallest absolute Gasteiger partial charge is 0.322 e. The number of piperidine rings is 1. The number of piperazine rings is 1. The minimum absolute atomic E-state index is 0.113. The van der Waals surface area contributed by atoms with Crippen LogP contribution in [0.25, 0.3) is 11.0 Å². The number of fused-ring (bicyclic) bond motifs is 1. The van der Waals surface area contributed by atoms with Gasteiger partial charge in [-0.1, -0.05) is 0 Å². The maximum Gasteiger partial charge on any atom is 0.322 e. The Morgan fingerprint density at radius 3 is 2.28 bits per heavy atom. The third kappa shape index (κ3) is 4.13. The second-order valence-electron chi connectivity index (χ2n) is 8.05. The van der Waals surface area contributed by atoms with E-state index in [0.717, 1.165) is 37.0 Å². The van der Waals surface area contributed by atoms with Gasteiger partial charge in [0.15, 0.2) is 5.65 Å². The predicted molar refractivity (Wildman–Crippen MR) is 111 cm³/mol. The van der Waals surface area contributed by atoms with E-state index in [2.05, 4.69) is 29.2 Å². The first-order valence-corrected chi connectivity index (χ1v) is 10.5. The summed E-state index contributed by atoms with van der Waals surface area (Å²) in [6.45, 7) is 8.02. The molecule has 0 unspecified atom stereocenters. The van der Waals surface area contributed by atoms with Crippen molar-refractivity contribution < 1.29 is 9.59 Å². The Bertz CT molecular complexity index is 880. The van der Waals surface area contributed by atoms with Gasteiger partial charge in [0.2, 0.25) is 0 Å². The van der Waals surface area contributed by atoms with Crippen molar-refractivity contribution in [2.75, 3.05) is 44.6 Å². The Morgan fingerprint density at radius 1 is 0.931 bits per heavy atom. The Hall–Kier alpha value is -2.84. The first-order valence-electron chi connectivity index (χ1n) is 10.5. The molecule has 0 aliphatic carbocycles. The van der Waals surface area contributed by atoms with E-state index in [1.54, 1.807) is 17.3 Å². The molecule has 29 heavy (non-hydrogen) atoms. The summed E-state index contributed by atoms with van der Waals surface area (Å²) in [5.41, 5.74) is 1.46. The van der Waals surface area contributed by atoms with E-state index in [9.17, 15) is 9.59 Å². The number of carbonyl (C=O) groups is 2. The highest BCUT2D eigenvalue weighted by Crippen LogP contribution is 2.20. The normalized spacial score (nSPS) is 17.8. The van der Waals surface area contributed by atoms with Crippen molar-refractivity contribution in [1.82, 2.24) is 29.5 Å². The molecule has 0 aromatic carbocycles. The monoisotopic (exact) mass is 399 g/mol. The summed E-state index contributed by atoms with van der Waals surface area (Å²) in [5.74, 6) is 0. The van der Waals surface area contributed by atoms with Gasteiger partial charge in [-0.05, 0) is 39.2 Å². The molecule has 2 aliphatic rings. The first-order chi connectivity index (χ1) is 14.0. The number of urea groups is 2. The number of aromatic nitrogens is 3. The lowest BCUT2D eigenvalue weighted by atomic mass is 10.1. The van der Waals surface area contributed by atoms with Crippen molar-refractivity contribution in [2.24, 2.45) is 0 Å². The van der Waals surface area contributed by atoms with Crippen LogP contribution in [-0.2, 0) is 0 Å². The molecule has 0 spiro atoms. The molecule has 2 fully saturated rings. The number of carbonyl (C=O) groups excluding carboxylic acids is 2. The number of nitrogens with zero attached hydrogens (tertiary/aromatic N) is 6. The second-order valence-corrected chi connectivity index (χ2v) is 8.05. The van der Waals surface area contributed by atoms with Gasteiger partial charge in [0, 0.05) is 50.7 Å². The van der Waals surface area contributed by atoms with E-state index in [4.69, 9.17) is 0 Å². The van der Waals surface area contributed by atoms with Gasteiger partial charge in [-0.15, -0.1) is 0 Å². The minimum Gasteiger partial charge on any atom is -0.325 e. The van der Waals surface area contributed by atoms with Crippen molar-refractivity contribution in [3.05, 3.63) is 18.5 Å². The van der Waals surface area contributed by atoms with Crippen LogP contribution in [0.15, 0.2) is 18.5 Å². The van der Waals surface area contributed by atoms with E-state index < -0.39 is 0 Å². The van der Waals surface area contributed by atoms with Crippen LogP contribution < -0.4 is 5.32 Å². The lowest BCUT2D eigenvalue weighted by Crippen LogP contribution is -2.55. The molecule has 9 heteroatoms. The molecule has 0 radical (unpaired) electrons. The Morgan fingerprint density at radius 2 is 1.59 bits per heavy atom. The zero-order valence-corrected chi connectivity index (χ0v) is 17.2. The highest BCUT2D eigenvalue weighted by Gasteiger charge is 2.28. The number of hydrogen-bond acceptors (Lipinski definition) is 4. The fourth-order valence-corrected chi connectivity index (χ4v) is 3.97. The average Bonchev–Trinajstić information content (AvgIpc) is 3.17. The van der Waals surface area contributed by atoms with Gasteiger partial charge in [0.25, 0.3) is 0 Å². The van der Waals surface area contributed by atoms with E-state index in [-0.39, 0.29) is 18.1 Å². The fourth-order valence-electron chi connectivity index (χ4n) is 3.97. The van der Waals surface area contributed by atoms with E-state index in [1.807, 2.05) is 20.5 Å². The number of nitrogens with one attached hydrogen (secondary N) is 1. The summed E-state index contributed by atoms with van der Waals surface area (Å²) in [6, 6.07) is 2.07. The maximum absolute atomic E-state index is 12.6. The molecule has 0 bridgehead atoms. The zero-order chi connectivity index (χ0) is 20.4. The summed E-state index contributed by atoms with van der Waals surface area (Å²) in [7, 11) is 0. The Kier molecular flexibility index (Phi) is 5.55. The average molecular weight is 399 g/mol. The molecule has 4 heterocycles. The van der Waals surface area contributed by atoms with Gasteiger partial charge in [-0.25, -0.2) is 19.3 Å². The molecule has 2 aromatic rings. The largest absolute Gasteiger partial charge is 0.325 e. The van der Waals surface area contributed by atoms with Crippen LogP contribution in [0, 0.1) is 0 Å². The highest BCUT2D eigenvalue weighted by molar-refractivity contribution is 5.91. The topological polar surface area (TPSA) is 86.6 Å². The molecule has 2 saturated heterocycles. The quantitative estimate of drug-likeness (QED) is 0.841. The SMILES string of the molecule is CC(C)n1ncc2cc(NC(=O)N3CCN(C(=O)N4CCCCC4)CC3)cnc21. The van der Waals surface area contributed by atoms with Crippen LogP contribution in [0.2, 0.25) is 0 Å². The number of hydrogen-bond donors (Lipinski definition) is 1. The summed E-state index contributed by atoms with van der Waals surface area (Å²) >= 11 is 0. The number of likely N-dealkylation sites (tertiary alicyclic amines) is 1.